The van der Waals surface area contributed by atoms with E-state index in [-0.39, 0.29) is 0 Å². The van der Waals surface area contributed by atoms with Gasteiger partial charge >= 0.3 is 0 Å². The number of nitriles is 1. The van der Waals surface area contributed by atoms with Crippen LogP contribution in [0.2, 0.25) is 0 Å². The van der Waals surface area contributed by atoms with Gasteiger partial charge in [0.05, 0.1) is 16.6 Å². The fraction of sp³-hybridized carbons (Fsp3) is 0.176. The molecule has 0 unspecified atom stereocenters. The molecular weight excluding hydrogens is 280 g/mol. The van der Waals surface area contributed by atoms with Crippen LogP contribution in [-0.4, -0.2) is 4.98 Å². The van der Waals surface area contributed by atoms with Gasteiger partial charge in [-0.15, -0.1) is 11.3 Å². The minimum atomic E-state index is 0.539. The molecule has 0 aliphatic heterocycles. The lowest BCUT2D eigenvalue weighted by molar-refractivity contribution is 0.588. The molecular formula is C17H14N2OS. The van der Waals surface area contributed by atoms with Crippen LogP contribution in [0.1, 0.15) is 18.5 Å². The second kappa shape index (κ2) is 6.38. The van der Waals surface area contributed by atoms with Gasteiger partial charge in [-0.2, -0.15) is 5.26 Å². The van der Waals surface area contributed by atoms with E-state index in [2.05, 4.69) is 11.1 Å². The van der Waals surface area contributed by atoms with Crippen molar-refractivity contribution in [3.63, 3.8) is 0 Å². The average molecular weight is 294 g/mol. The molecule has 3 aromatic rings. The summed E-state index contributed by atoms with van der Waals surface area (Å²) in [7, 11) is 0. The number of nitrogens with zero attached hydrogens (tertiary/aromatic N) is 2. The molecule has 0 radical (unpaired) electrons. The number of hydrogen-bond donors (Lipinski definition) is 0. The van der Waals surface area contributed by atoms with Crippen molar-refractivity contribution < 1.29 is 4.42 Å². The molecule has 0 spiro atoms. The van der Waals surface area contributed by atoms with Crippen molar-refractivity contribution in [2.45, 2.75) is 19.3 Å². The van der Waals surface area contributed by atoms with Gasteiger partial charge in [-0.05, 0) is 36.4 Å². The van der Waals surface area contributed by atoms with Crippen molar-refractivity contribution in [2.24, 2.45) is 0 Å². The standard InChI is InChI=1S/C17H14N2OS/c18-11-5-4-9-14-16(15-10-6-12-21-15)20-17(19-14)13-7-2-1-3-8-13/h1-3,6-8,10,12H,4-5,9H2. The zero-order chi connectivity index (χ0) is 14.5. The van der Waals surface area contributed by atoms with E-state index >= 15 is 0 Å². The fourth-order valence-electron chi connectivity index (χ4n) is 2.16. The van der Waals surface area contributed by atoms with E-state index in [1.165, 1.54) is 0 Å². The van der Waals surface area contributed by atoms with Gasteiger partial charge in [0.1, 0.15) is 0 Å². The van der Waals surface area contributed by atoms with Gasteiger partial charge in [0.15, 0.2) is 5.76 Å². The van der Waals surface area contributed by atoms with Crippen LogP contribution in [0, 0.1) is 11.3 Å². The molecule has 0 bridgehead atoms. The molecule has 3 rings (SSSR count). The average Bonchev–Trinajstić information content (AvgIpc) is 3.17. The summed E-state index contributed by atoms with van der Waals surface area (Å²) in [5.41, 5.74) is 1.91. The highest BCUT2D eigenvalue weighted by Gasteiger charge is 2.16. The minimum absolute atomic E-state index is 0.539. The number of aryl methyl sites for hydroxylation is 1. The Kier molecular flexibility index (Phi) is 4.13. The number of hydrogen-bond acceptors (Lipinski definition) is 4. The first kappa shape index (κ1) is 13.6. The lowest BCUT2D eigenvalue weighted by atomic mass is 10.1. The highest BCUT2D eigenvalue weighted by atomic mass is 32.1. The van der Waals surface area contributed by atoms with E-state index in [4.69, 9.17) is 9.68 Å². The van der Waals surface area contributed by atoms with Gasteiger partial charge in [-0.3, -0.25) is 0 Å². The number of benzene rings is 1. The van der Waals surface area contributed by atoms with Crippen LogP contribution in [0.25, 0.3) is 22.1 Å². The number of unbranched alkanes of at least 4 members (excludes halogenated alkanes) is 1. The van der Waals surface area contributed by atoms with Crippen LogP contribution in [-0.2, 0) is 6.42 Å². The van der Waals surface area contributed by atoms with Crippen molar-refractivity contribution in [3.05, 3.63) is 53.5 Å². The molecule has 0 fully saturated rings. The summed E-state index contributed by atoms with van der Waals surface area (Å²) in [6.45, 7) is 0. The zero-order valence-electron chi connectivity index (χ0n) is 11.5. The summed E-state index contributed by atoms with van der Waals surface area (Å²) in [5, 5.41) is 10.7. The quantitative estimate of drug-likeness (QED) is 0.628. The second-order valence-corrected chi connectivity index (χ2v) is 5.60. The van der Waals surface area contributed by atoms with Crippen LogP contribution < -0.4 is 0 Å². The predicted molar refractivity (Wildman–Crippen MR) is 83.8 cm³/mol. The minimum Gasteiger partial charge on any atom is -0.435 e. The summed E-state index contributed by atoms with van der Waals surface area (Å²) < 4.78 is 5.99. The fourth-order valence-corrected chi connectivity index (χ4v) is 2.89. The molecule has 4 heteroatoms. The van der Waals surface area contributed by atoms with E-state index < -0.39 is 0 Å². The third-order valence-electron chi connectivity index (χ3n) is 3.17. The van der Waals surface area contributed by atoms with E-state index in [0.29, 0.717) is 12.3 Å². The zero-order valence-corrected chi connectivity index (χ0v) is 12.3. The van der Waals surface area contributed by atoms with Gasteiger partial charge in [0, 0.05) is 12.0 Å². The Morgan fingerprint density at radius 2 is 2.00 bits per heavy atom. The van der Waals surface area contributed by atoms with Crippen LogP contribution in [0.5, 0.6) is 0 Å². The first-order valence-corrected chi connectivity index (χ1v) is 7.72. The highest BCUT2D eigenvalue weighted by molar-refractivity contribution is 7.13. The Morgan fingerprint density at radius 3 is 2.71 bits per heavy atom. The van der Waals surface area contributed by atoms with Gasteiger partial charge in [0.2, 0.25) is 5.89 Å². The maximum absolute atomic E-state index is 8.69. The molecule has 0 atom stereocenters. The number of rotatable bonds is 5. The molecule has 1 aromatic carbocycles. The topological polar surface area (TPSA) is 49.8 Å². The Morgan fingerprint density at radius 1 is 1.14 bits per heavy atom. The molecule has 0 aliphatic rings. The molecule has 104 valence electrons. The Balaban J connectivity index is 1.97. The molecule has 0 amide bonds. The molecule has 0 saturated carbocycles. The molecule has 0 aliphatic carbocycles. The molecule has 21 heavy (non-hydrogen) atoms. The Bertz CT molecular complexity index is 739. The van der Waals surface area contributed by atoms with Crippen LogP contribution >= 0.6 is 11.3 Å². The summed E-state index contributed by atoms with van der Waals surface area (Å²) in [4.78, 5) is 5.72. The smallest absolute Gasteiger partial charge is 0.227 e. The number of oxazole rings is 1. The van der Waals surface area contributed by atoms with Crippen molar-refractivity contribution in [2.75, 3.05) is 0 Å². The molecule has 0 saturated heterocycles. The van der Waals surface area contributed by atoms with Gasteiger partial charge in [-0.25, -0.2) is 4.98 Å². The Labute approximate surface area is 127 Å². The molecule has 2 aromatic heterocycles. The summed E-state index contributed by atoms with van der Waals surface area (Å²) in [6.07, 6.45) is 2.10. The summed E-state index contributed by atoms with van der Waals surface area (Å²) in [5.74, 6) is 1.48. The molecule has 3 nitrogen and oxygen atoms in total. The van der Waals surface area contributed by atoms with Gasteiger partial charge in [0.25, 0.3) is 0 Å². The van der Waals surface area contributed by atoms with E-state index in [9.17, 15) is 0 Å². The van der Waals surface area contributed by atoms with Crippen molar-refractivity contribution in [1.82, 2.24) is 4.98 Å². The maximum Gasteiger partial charge on any atom is 0.227 e. The third kappa shape index (κ3) is 3.04. The summed E-state index contributed by atoms with van der Waals surface area (Å²) in [6, 6.07) is 16.1. The van der Waals surface area contributed by atoms with Crippen molar-refractivity contribution in [3.8, 4) is 28.2 Å². The van der Waals surface area contributed by atoms with Crippen LogP contribution in [0.15, 0.2) is 52.3 Å². The lowest BCUT2D eigenvalue weighted by Gasteiger charge is -1.96. The molecule has 0 N–H and O–H groups in total. The van der Waals surface area contributed by atoms with E-state index in [1.54, 1.807) is 11.3 Å². The van der Waals surface area contributed by atoms with Crippen molar-refractivity contribution >= 4 is 11.3 Å². The first-order chi connectivity index (χ1) is 10.4. The predicted octanol–water partition coefficient (Wildman–Crippen LogP) is 4.92. The van der Waals surface area contributed by atoms with Crippen LogP contribution in [0.4, 0.5) is 0 Å². The maximum atomic E-state index is 8.69. The van der Waals surface area contributed by atoms with Gasteiger partial charge in [-0.1, -0.05) is 24.3 Å². The second-order valence-electron chi connectivity index (χ2n) is 4.65. The number of aromatic nitrogens is 1. The normalized spacial score (nSPS) is 10.4. The number of thiophene rings is 1. The Hall–Kier alpha value is -2.38. The highest BCUT2D eigenvalue weighted by Crippen LogP contribution is 2.33. The first-order valence-electron chi connectivity index (χ1n) is 6.84. The largest absolute Gasteiger partial charge is 0.435 e. The monoisotopic (exact) mass is 294 g/mol. The summed E-state index contributed by atoms with van der Waals surface area (Å²) >= 11 is 1.64. The van der Waals surface area contributed by atoms with Crippen LogP contribution in [0.3, 0.4) is 0 Å². The van der Waals surface area contributed by atoms with Crippen molar-refractivity contribution in [1.29, 1.82) is 5.26 Å². The van der Waals surface area contributed by atoms with E-state index in [0.717, 1.165) is 34.7 Å². The van der Waals surface area contributed by atoms with Gasteiger partial charge < -0.3 is 4.42 Å². The third-order valence-corrected chi connectivity index (χ3v) is 4.03. The lowest BCUT2D eigenvalue weighted by Crippen LogP contribution is -1.88. The molecule has 2 heterocycles. The van der Waals surface area contributed by atoms with E-state index in [1.807, 2.05) is 47.8 Å². The SMILES string of the molecule is N#CCCCc1nc(-c2ccccc2)oc1-c1cccs1.